The van der Waals surface area contributed by atoms with Gasteiger partial charge in [-0.3, -0.25) is 4.79 Å². The van der Waals surface area contributed by atoms with Gasteiger partial charge >= 0.3 is 0 Å². The highest BCUT2D eigenvalue weighted by Gasteiger charge is 2.28. The number of carbonyl (C=O) groups is 1. The van der Waals surface area contributed by atoms with Crippen molar-refractivity contribution in [2.45, 2.75) is 45.6 Å². The average molecular weight is 382 g/mol. The van der Waals surface area contributed by atoms with E-state index in [1.54, 1.807) is 24.3 Å². The molecule has 1 fully saturated rings. The van der Waals surface area contributed by atoms with E-state index in [0.29, 0.717) is 27.8 Å². The van der Waals surface area contributed by atoms with Gasteiger partial charge in [0.15, 0.2) is 12.0 Å². The second kappa shape index (κ2) is 7.26. The fourth-order valence-corrected chi connectivity index (χ4v) is 3.61. The first-order valence-electron chi connectivity index (χ1n) is 9.51. The third-order valence-electron chi connectivity index (χ3n) is 5.38. The highest BCUT2D eigenvalue weighted by molar-refractivity contribution is 6.10. The standard InChI is InChI=1S/C22H23FN2O3/c1-22(2)10-8-14(9-11-22)28-15-6-7-18(17(23)12-15)25-21(26)16-4-3-5-19-20(16)27-13-24-19/h3-7,12-14H,8-11H2,1-2H3,(H,25,26). The largest absolute Gasteiger partial charge is 0.490 e. The summed E-state index contributed by atoms with van der Waals surface area (Å²) < 4.78 is 25.7. The Hall–Kier alpha value is -2.89. The van der Waals surface area contributed by atoms with Crippen molar-refractivity contribution in [1.82, 2.24) is 4.98 Å². The number of nitrogens with zero attached hydrogens (tertiary/aromatic N) is 1. The second-order valence-electron chi connectivity index (χ2n) is 8.08. The van der Waals surface area contributed by atoms with Crippen LogP contribution in [0.15, 0.2) is 47.2 Å². The zero-order chi connectivity index (χ0) is 19.7. The predicted molar refractivity (Wildman–Crippen MR) is 105 cm³/mol. The lowest BCUT2D eigenvalue weighted by atomic mass is 9.76. The Morgan fingerprint density at radius 1 is 1.25 bits per heavy atom. The van der Waals surface area contributed by atoms with Crippen LogP contribution in [-0.4, -0.2) is 17.0 Å². The van der Waals surface area contributed by atoms with Crippen molar-refractivity contribution in [2.24, 2.45) is 5.41 Å². The highest BCUT2D eigenvalue weighted by Crippen LogP contribution is 2.37. The number of fused-ring (bicyclic) bond motifs is 1. The molecule has 0 saturated heterocycles. The molecule has 28 heavy (non-hydrogen) atoms. The van der Waals surface area contributed by atoms with Gasteiger partial charge in [0.05, 0.1) is 17.4 Å². The number of anilines is 1. The Morgan fingerprint density at radius 2 is 2.04 bits per heavy atom. The third-order valence-corrected chi connectivity index (χ3v) is 5.38. The summed E-state index contributed by atoms with van der Waals surface area (Å²) in [5.74, 6) is -0.506. The van der Waals surface area contributed by atoms with E-state index in [-0.39, 0.29) is 11.8 Å². The van der Waals surface area contributed by atoms with E-state index in [9.17, 15) is 9.18 Å². The predicted octanol–water partition coefficient (Wildman–Crippen LogP) is 5.57. The first-order chi connectivity index (χ1) is 13.4. The number of amides is 1. The Labute approximate surface area is 162 Å². The summed E-state index contributed by atoms with van der Waals surface area (Å²) in [6.07, 6.45) is 5.52. The maximum atomic E-state index is 14.5. The van der Waals surface area contributed by atoms with Crippen LogP contribution in [0.2, 0.25) is 0 Å². The first-order valence-corrected chi connectivity index (χ1v) is 9.51. The van der Waals surface area contributed by atoms with Crippen LogP contribution in [-0.2, 0) is 0 Å². The van der Waals surface area contributed by atoms with Crippen molar-refractivity contribution in [3.8, 4) is 5.75 Å². The molecule has 0 bridgehead atoms. The van der Waals surface area contributed by atoms with E-state index >= 15 is 0 Å². The van der Waals surface area contributed by atoms with Crippen LogP contribution in [0.5, 0.6) is 5.75 Å². The number of rotatable bonds is 4. The molecule has 146 valence electrons. The minimum absolute atomic E-state index is 0.0960. The van der Waals surface area contributed by atoms with Gasteiger partial charge < -0.3 is 14.5 Å². The minimum Gasteiger partial charge on any atom is -0.490 e. The number of aromatic nitrogens is 1. The number of benzene rings is 2. The van der Waals surface area contributed by atoms with Crippen LogP contribution in [0, 0.1) is 11.2 Å². The molecule has 1 amide bonds. The first kappa shape index (κ1) is 18.5. The number of para-hydroxylation sites is 1. The molecular weight excluding hydrogens is 359 g/mol. The molecule has 0 unspecified atom stereocenters. The van der Waals surface area contributed by atoms with Gasteiger partial charge in [0, 0.05) is 6.07 Å². The van der Waals surface area contributed by atoms with E-state index in [0.717, 1.165) is 25.7 Å². The Morgan fingerprint density at radius 3 is 2.79 bits per heavy atom. The maximum Gasteiger partial charge on any atom is 0.259 e. The fourth-order valence-electron chi connectivity index (χ4n) is 3.61. The van der Waals surface area contributed by atoms with E-state index in [4.69, 9.17) is 9.15 Å². The molecule has 1 saturated carbocycles. The van der Waals surface area contributed by atoms with Crippen molar-refractivity contribution >= 4 is 22.7 Å². The lowest BCUT2D eigenvalue weighted by Crippen LogP contribution is -2.28. The molecule has 1 N–H and O–H groups in total. The summed E-state index contributed by atoms with van der Waals surface area (Å²) in [5.41, 5.74) is 1.71. The molecule has 0 aliphatic heterocycles. The normalized spacial score (nSPS) is 16.8. The third kappa shape index (κ3) is 3.86. The molecule has 6 heteroatoms. The van der Waals surface area contributed by atoms with Crippen LogP contribution < -0.4 is 10.1 Å². The highest BCUT2D eigenvalue weighted by atomic mass is 19.1. The topological polar surface area (TPSA) is 64.4 Å². The fraction of sp³-hybridized carbons (Fsp3) is 0.364. The van der Waals surface area contributed by atoms with Crippen LogP contribution in [0.4, 0.5) is 10.1 Å². The zero-order valence-electron chi connectivity index (χ0n) is 16.0. The summed E-state index contributed by atoms with van der Waals surface area (Å²) in [4.78, 5) is 16.6. The van der Waals surface area contributed by atoms with Gasteiger partial charge in [0.2, 0.25) is 0 Å². The molecule has 4 rings (SSSR count). The quantitative estimate of drug-likeness (QED) is 0.641. The molecule has 0 atom stereocenters. The number of nitrogens with one attached hydrogen (secondary N) is 1. The lowest BCUT2D eigenvalue weighted by molar-refractivity contribution is 0.0984. The van der Waals surface area contributed by atoms with Crippen LogP contribution >= 0.6 is 0 Å². The maximum absolute atomic E-state index is 14.5. The van der Waals surface area contributed by atoms with Crippen molar-refractivity contribution in [3.63, 3.8) is 0 Å². The summed E-state index contributed by atoms with van der Waals surface area (Å²) in [5, 5.41) is 2.59. The Bertz CT molecular complexity index is 1000. The van der Waals surface area contributed by atoms with Crippen LogP contribution in [0.1, 0.15) is 49.9 Å². The zero-order valence-corrected chi connectivity index (χ0v) is 16.0. The summed E-state index contributed by atoms with van der Waals surface area (Å²) in [6.45, 7) is 4.53. The van der Waals surface area contributed by atoms with Gasteiger partial charge in [-0.1, -0.05) is 19.9 Å². The molecule has 1 aliphatic rings. The van der Waals surface area contributed by atoms with Gasteiger partial charge in [-0.25, -0.2) is 9.37 Å². The van der Waals surface area contributed by atoms with E-state index < -0.39 is 11.7 Å². The Kier molecular flexibility index (Phi) is 4.79. The number of oxazole rings is 1. The number of ether oxygens (including phenoxy) is 1. The smallest absolute Gasteiger partial charge is 0.259 e. The van der Waals surface area contributed by atoms with Crippen LogP contribution in [0.25, 0.3) is 11.1 Å². The number of hydrogen-bond donors (Lipinski definition) is 1. The number of halogens is 1. The molecule has 3 aromatic rings. The molecule has 1 heterocycles. The van der Waals surface area contributed by atoms with E-state index in [1.807, 2.05) is 0 Å². The molecular formula is C22H23FN2O3. The van der Waals surface area contributed by atoms with Gasteiger partial charge in [-0.2, -0.15) is 0 Å². The second-order valence-corrected chi connectivity index (χ2v) is 8.08. The number of hydrogen-bond acceptors (Lipinski definition) is 4. The van der Waals surface area contributed by atoms with Gasteiger partial charge in [-0.15, -0.1) is 0 Å². The molecule has 5 nitrogen and oxygen atoms in total. The van der Waals surface area contributed by atoms with E-state index in [1.165, 1.54) is 18.5 Å². The summed E-state index contributed by atoms with van der Waals surface area (Å²) in [7, 11) is 0. The van der Waals surface area contributed by atoms with Crippen molar-refractivity contribution in [3.05, 3.63) is 54.2 Å². The average Bonchev–Trinajstić information content (AvgIpc) is 3.14. The van der Waals surface area contributed by atoms with Gasteiger partial charge in [-0.05, 0) is 55.4 Å². The molecule has 1 aliphatic carbocycles. The number of carbonyl (C=O) groups excluding carboxylic acids is 1. The van der Waals surface area contributed by atoms with Crippen LogP contribution in [0.3, 0.4) is 0 Å². The van der Waals surface area contributed by atoms with Gasteiger partial charge in [0.25, 0.3) is 5.91 Å². The molecule has 1 aromatic heterocycles. The van der Waals surface area contributed by atoms with Crippen molar-refractivity contribution in [2.75, 3.05) is 5.32 Å². The monoisotopic (exact) mass is 382 g/mol. The molecule has 0 radical (unpaired) electrons. The van der Waals surface area contributed by atoms with Gasteiger partial charge in [0.1, 0.15) is 17.1 Å². The van der Waals surface area contributed by atoms with Crippen molar-refractivity contribution < 1.29 is 18.3 Å². The van der Waals surface area contributed by atoms with Crippen molar-refractivity contribution in [1.29, 1.82) is 0 Å². The summed E-state index contributed by atoms with van der Waals surface area (Å²) >= 11 is 0. The van der Waals surface area contributed by atoms with E-state index in [2.05, 4.69) is 24.1 Å². The lowest BCUT2D eigenvalue weighted by Gasteiger charge is -2.34. The molecule has 0 spiro atoms. The Balaban J connectivity index is 1.45. The summed E-state index contributed by atoms with van der Waals surface area (Å²) in [6, 6.07) is 9.60. The molecule has 2 aromatic carbocycles. The SMILES string of the molecule is CC1(C)CCC(Oc2ccc(NC(=O)c3cccc4ncoc34)c(F)c2)CC1. The minimum atomic E-state index is -0.535.